The van der Waals surface area contributed by atoms with E-state index < -0.39 is 5.79 Å². The van der Waals surface area contributed by atoms with Gasteiger partial charge in [-0.05, 0) is 31.5 Å². The number of aliphatic hydroxyl groups excluding tert-OH is 1. The molecule has 1 N–H and O–H groups in total. The van der Waals surface area contributed by atoms with Crippen molar-refractivity contribution in [3.8, 4) is 5.75 Å². The first-order valence-electron chi connectivity index (χ1n) is 6.71. The lowest BCUT2D eigenvalue weighted by atomic mass is 10.2. The van der Waals surface area contributed by atoms with Gasteiger partial charge in [-0.25, -0.2) is 0 Å². The van der Waals surface area contributed by atoms with Crippen LogP contribution in [0.1, 0.15) is 19.4 Å². The number of benzene rings is 1. The molecule has 0 radical (unpaired) electrons. The van der Waals surface area contributed by atoms with Crippen molar-refractivity contribution in [3.63, 3.8) is 0 Å². The van der Waals surface area contributed by atoms with Crippen LogP contribution in [0.4, 0.5) is 0 Å². The summed E-state index contributed by atoms with van der Waals surface area (Å²) in [5, 5.41) is 9.44. The summed E-state index contributed by atoms with van der Waals surface area (Å²) >= 11 is 0. The summed E-state index contributed by atoms with van der Waals surface area (Å²) in [6.45, 7) is 4.45. The third-order valence-electron chi connectivity index (χ3n) is 3.25. The molecule has 1 aliphatic rings. The molecule has 1 aliphatic heterocycles. The summed E-state index contributed by atoms with van der Waals surface area (Å²) in [5.41, 5.74) is 1.02. The molecule has 1 heterocycles. The van der Waals surface area contributed by atoms with E-state index in [0.29, 0.717) is 13.2 Å². The molecule has 0 bridgehead atoms. The molecule has 20 heavy (non-hydrogen) atoms. The van der Waals surface area contributed by atoms with Crippen LogP contribution in [0, 0.1) is 0 Å². The fourth-order valence-electron chi connectivity index (χ4n) is 2.10. The van der Waals surface area contributed by atoms with Gasteiger partial charge in [-0.2, -0.15) is 0 Å². The molecule has 2 rings (SSSR count). The van der Waals surface area contributed by atoms with Crippen molar-refractivity contribution < 1.29 is 24.1 Å². The van der Waals surface area contributed by atoms with Crippen molar-refractivity contribution >= 4 is 0 Å². The van der Waals surface area contributed by atoms with Crippen molar-refractivity contribution in [2.45, 2.75) is 38.4 Å². The molecule has 1 fully saturated rings. The van der Waals surface area contributed by atoms with E-state index in [9.17, 15) is 5.11 Å². The molecule has 0 unspecified atom stereocenters. The maximum atomic E-state index is 9.44. The molecule has 112 valence electrons. The van der Waals surface area contributed by atoms with E-state index in [0.717, 1.165) is 11.3 Å². The predicted molar refractivity (Wildman–Crippen MR) is 73.6 cm³/mol. The molecular weight excluding hydrogens is 260 g/mol. The van der Waals surface area contributed by atoms with Gasteiger partial charge in [0.1, 0.15) is 18.0 Å². The normalized spacial score (nSPS) is 22.7. The molecule has 1 aromatic carbocycles. The highest BCUT2D eigenvalue weighted by Gasteiger charge is 2.37. The summed E-state index contributed by atoms with van der Waals surface area (Å²) < 4.78 is 22.0. The molecule has 0 amide bonds. The van der Waals surface area contributed by atoms with Crippen LogP contribution < -0.4 is 4.74 Å². The van der Waals surface area contributed by atoms with Gasteiger partial charge in [0.25, 0.3) is 0 Å². The summed E-state index contributed by atoms with van der Waals surface area (Å²) in [5.74, 6) is 0.198. The average Bonchev–Trinajstić information content (AvgIpc) is 2.80. The third-order valence-corrected chi connectivity index (χ3v) is 3.25. The quantitative estimate of drug-likeness (QED) is 0.861. The third kappa shape index (κ3) is 3.93. The van der Waals surface area contributed by atoms with Crippen molar-refractivity contribution in [2.75, 3.05) is 20.3 Å². The van der Waals surface area contributed by atoms with Gasteiger partial charge < -0.3 is 24.1 Å². The summed E-state index contributed by atoms with van der Waals surface area (Å²) in [6.07, 6.45) is -0.632. The number of hydrogen-bond acceptors (Lipinski definition) is 5. The van der Waals surface area contributed by atoms with Crippen LogP contribution in [0.5, 0.6) is 5.75 Å². The minimum Gasteiger partial charge on any atom is -0.497 e. The Morgan fingerprint density at radius 1 is 1.35 bits per heavy atom. The summed E-state index contributed by atoms with van der Waals surface area (Å²) in [6, 6.07) is 7.63. The first kappa shape index (κ1) is 15.3. The fraction of sp³-hybridized carbons (Fsp3) is 0.600. The number of methoxy groups -OCH3 is 1. The number of ether oxygens (including phenoxy) is 4. The van der Waals surface area contributed by atoms with Gasteiger partial charge in [-0.15, -0.1) is 0 Å². The zero-order valence-corrected chi connectivity index (χ0v) is 12.2. The second-order valence-corrected chi connectivity index (χ2v) is 5.25. The molecule has 0 spiro atoms. The van der Waals surface area contributed by atoms with Crippen LogP contribution in [0.15, 0.2) is 24.3 Å². The van der Waals surface area contributed by atoms with Crippen molar-refractivity contribution in [3.05, 3.63) is 29.8 Å². The molecule has 0 saturated carbocycles. The van der Waals surface area contributed by atoms with Gasteiger partial charge in [-0.3, -0.25) is 0 Å². The lowest BCUT2D eigenvalue weighted by Crippen LogP contribution is -2.35. The minimum absolute atomic E-state index is 0.0970. The summed E-state index contributed by atoms with van der Waals surface area (Å²) in [4.78, 5) is 0. The highest BCUT2D eigenvalue weighted by molar-refractivity contribution is 5.26. The predicted octanol–water partition coefficient (Wildman–Crippen LogP) is 1.72. The van der Waals surface area contributed by atoms with E-state index in [4.69, 9.17) is 18.9 Å². The van der Waals surface area contributed by atoms with Crippen molar-refractivity contribution in [1.82, 2.24) is 0 Å². The monoisotopic (exact) mass is 282 g/mol. The van der Waals surface area contributed by atoms with Gasteiger partial charge in [0.05, 0.1) is 26.9 Å². The average molecular weight is 282 g/mol. The van der Waals surface area contributed by atoms with Gasteiger partial charge >= 0.3 is 0 Å². The Hall–Kier alpha value is -1.14. The number of rotatable bonds is 6. The van der Waals surface area contributed by atoms with Crippen LogP contribution in [-0.4, -0.2) is 43.4 Å². The molecule has 5 nitrogen and oxygen atoms in total. The SMILES string of the molecule is COc1ccc(CO[C@@H](CO)[C@H]2COC(C)(C)O2)cc1. The van der Waals surface area contributed by atoms with E-state index in [1.165, 1.54) is 0 Å². The highest BCUT2D eigenvalue weighted by Crippen LogP contribution is 2.25. The Bertz CT molecular complexity index is 415. The lowest BCUT2D eigenvalue weighted by molar-refractivity contribution is -0.162. The standard InChI is InChI=1S/C15H22O5/c1-15(2)19-10-14(20-15)13(8-16)18-9-11-4-6-12(17-3)7-5-11/h4-7,13-14,16H,8-10H2,1-3H3/t13-,14+/m0/s1. The van der Waals surface area contributed by atoms with E-state index in [1.54, 1.807) is 7.11 Å². The number of hydrogen-bond donors (Lipinski definition) is 1. The minimum atomic E-state index is -0.610. The van der Waals surface area contributed by atoms with Crippen LogP contribution in [0.25, 0.3) is 0 Å². The topological polar surface area (TPSA) is 57.2 Å². The van der Waals surface area contributed by atoms with Crippen LogP contribution in [-0.2, 0) is 20.8 Å². The molecule has 5 heteroatoms. The maximum Gasteiger partial charge on any atom is 0.163 e. The van der Waals surface area contributed by atoms with Gasteiger partial charge in [0.15, 0.2) is 5.79 Å². The highest BCUT2D eigenvalue weighted by atomic mass is 16.7. The van der Waals surface area contributed by atoms with Crippen LogP contribution in [0.3, 0.4) is 0 Å². The van der Waals surface area contributed by atoms with Crippen LogP contribution >= 0.6 is 0 Å². The van der Waals surface area contributed by atoms with E-state index >= 15 is 0 Å². The van der Waals surface area contributed by atoms with Crippen molar-refractivity contribution in [1.29, 1.82) is 0 Å². The van der Waals surface area contributed by atoms with Gasteiger partial charge in [0, 0.05) is 0 Å². The van der Waals surface area contributed by atoms with E-state index in [-0.39, 0.29) is 18.8 Å². The van der Waals surface area contributed by atoms with E-state index in [2.05, 4.69) is 0 Å². The largest absolute Gasteiger partial charge is 0.497 e. The fourth-order valence-corrected chi connectivity index (χ4v) is 2.10. The first-order valence-corrected chi connectivity index (χ1v) is 6.71. The second-order valence-electron chi connectivity index (χ2n) is 5.25. The van der Waals surface area contributed by atoms with Crippen molar-refractivity contribution in [2.24, 2.45) is 0 Å². The van der Waals surface area contributed by atoms with Gasteiger partial charge in [-0.1, -0.05) is 12.1 Å². The molecule has 1 saturated heterocycles. The molecule has 0 aromatic heterocycles. The summed E-state index contributed by atoms with van der Waals surface area (Å²) in [7, 11) is 1.63. The van der Waals surface area contributed by atoms with Crippen LogP contribution in [0.2, 0.25) is 0 Å². The Kier molecular flexibility index (Phi) is 4.99. The second kappa shape index (κ2) is 6.54. The smallest absolute Gasteiger partial charge is 0.163 e. The Morgan fingerprint density at radius 3 is 2.55 bits per heavy atom. The van der Waals surface area contributed by atoms with Gasteiger partial charge in [0.2, 0.25) is 0 Å². The first-order chi connectivity index (χ1) is 9.54. The molecule has 0 aliphatic carbocycles. The molecule has 1 aromatic rings. The Morgan fingerprint density at radius 2 is 2.05 bits per heavy atom. The molecular formula is C15H22O5. The lowest BCUT2D eigenvalue weighted by Gasteiger charge is -2.23. The zero-order valence-electron chi connectivity index (χ0n) is 12.2. The van der Waals surface area contributed by atoms with E-state index in [1.807, 2.05) is 38.1 Å². The molecule has 2 atom stereocenters. The Labute approximate surface area is 119 Å². The number of aliphatic hydroxyl groups is 1. The zero-order chi connectivity index (χ0) is 14.6. The maximum absolute atomic E-state index is 9.44. The Balaban J connectivity index is 1.87.